The normalized spacial score (nSPS) is 14.8. The Kier molecular flexibility index (Phi) is 4.70. The standard InChI is InChI=1S/C18H14F6N8O/c1-8-4-12(17(19,20)21)32-16(27-8)10(6-26-32)15-28-13(33-30-15)7-31-11-2-3-25-5-9(11)14(29-31)18(22,23)24/h4,6,25H,2-3,5,7H2,1H3. The van der Waals surface area contributed by atoms with Gasteiger partial charge in [0.15, 0.2) is 11.3 Å². The first-order chi connectivity index (χ1) is 15.5. The molecule has 9 nitrogen and oxygen atoms in total. The predicted molar refractivity (Wildman–Crippen MR) is 97.8 cm³/mol. The molecule has 5 heterocycles. The minimum Gasteiger partial charge on any atom is -0.337 e. The van der Waals surface area contributed by atoms with E-state index in [9.17, 15) is 26.3 Å². The first kappa shape index (κ1) is 21.4. The van der Waals surface area contributed by atoms with Gasteiger partial charge in [-0.05, 0) is 13.0 Å². The fourth-order valence-corrected chi connectivity index (χ4v) is 3.78. The molecule has 0 amide bonds. The Labute approximate surface area is 180 Å². The van der Waals surface area contributed by atoms with Crippen molar-refractivity contribution in [1.82, 2.24) is 39.8 Å². The van der Waals surface area contributed by atoms with E-state index in [2.05, 4.69) is 30.6 Å². The highest BCUT2D eigenvalue weighted by atomic mass is 19.4. The highest BCUT2D eigenvalue weighted by Crippen LogP contribution is 2.34. The van der Waals surface area contributed by atoms with E-state index >= 15 is 0 Å². The van der Waals surface area contributed by atoms with Crippen molar-refractivity contribution in [1.29, 1.82) is 0 Å². The van der Waals surface area contributed by atoms with Gasteiger partial charge in [0.05, 0.1) is 11.8 Å². The van der Waals surface area contributed by atoms with Gasteiger partial charge in [-0.3, -0.25) is 4.68 Å². The lowest BCUT2D eigenvalue weighted by atomic mass is 10.1. The highest BCUT2D eigenvalue weighted by Gasteiger charge is 2.40. The average molecular weight is 472 g/mol. The maximum atomic E-state index is 13.4. The van der Waals surface area contributed by atoms with Gasteiger partial charge in [0.1, 0.15) is 12.2 Å². The lowest BCUT2D eigenvalue weighted by Crippen LogP contribution is -2.26. The summed E-state index contributed by atoms with van der Waals surface area (Å²) in [7, 11) is 0. The number of halogens is 6. The van der Waals surface area contributed by atoms with E-state index in [0.717, 1.165) is 16.9 Å². The SMILES string of the molecule is Cc1cc(C(F)(F)F)n2ncc(-c3noc(Cn4nc(C(F)(F)F)c5c4CCNC5)n3)c2n1. The molecule has 1 aliphatic heterocycles. The molecule has 0 aliphatic carbocycles. The molecular formula is C18H14F6N8O. The Bertz CT molecular complexity index is 1350. The van der Waals surface area contributed by atoms with Crippen molar-refractivity contribution in [2.75, 3.05) is 6.54 Å². The Morgan fingerprint density at radius 3 is 2.64 bits per heavy atom. The van der Waals surface area contributed by atoms with E-state index < -0.39 is 23.7 Å². The third kappa shape index (κ3) is 3.71. The predicted octanol–water partition coefficient (Wildman–Crippen LogP) is 3.02. The van der Waals surface area contributed by atoms with Gasteiger partial charge in [0.25, 0.3) is 0 Å². The molecular weight excluding hydrogens is 458 g/mol. The third-order valence-electron chi connectivity index (χ3n) is 5.16. The van der Waals surface area contributed by atoms with Gasteiger partial charge in [0, 0.05) is 36.5 Å². The molecule has 0 radical (unpaired) electrons. The van der Waals surface area contributed by atoms with Crippen LogP contribution in [-0.4, -0.2) is 41.1 Å². The average Bonchev–Trinajstić information content (AvgIpc) is 3.44. The van der Waals surface area contributed by atoms with E-state index in [4.69, 9.17) is 4.52 Å². The fourth-order valence-electron chi connectivity index (χ4n) is 3.78. The molecule has 0 unspecified atom stereocenters. The quantitative estimate of drug-likeness (QED) is 0.458. The van der Waals surface area contributed by atoms with Crippen molar-refractivity contribution in [2.24, 2.45) is 0 Å². The van der Waals surface area contributed by atoms with Gasteiger partial charge in [-0.25, -0.2) is 9.50 Å². The number of fused-ring (bicyclic) bond motifs is 2. The summed E-state index contributed by atoms with van der Waals surface area (Å²) in [4.78, 5) is 8.23. The molecule has 0 bridgehead atoms. The molecule has 0 saturated heterocycles. The fraction of sp³-hybridized carbons (Fsp3) is 0.389. The summed E-state index contributed by atoms with van der Waals surface area (Å²) in [5.41, 5.74) is -1.46. The zero-order valence-electron chi connectivity index (χ0n) is 16.8. The number of nitrogens with zero attached hydrogens (tertiary/aromatic N) is 7. The lowest BCUT2D eigenvalue weighted by Gasteiger charge is -2.15. The van der Waals surface area contributed by atoms with Gasteiger partial charge in [0.2, 0.25) is 11.7 Å². The molecule has 33 heavy (non-hydrogen) atoms. The first-order valence-corrected chi connectivity index (χ1v) is 9.64. The van der Waals surface area contributed by atoms with Crippen LogP contribution >= 0.6 is 0 Å². The Morgan fingerprint density at radius 2 is 1.91 bits per heavy atom. The maximum Gasteiger partial charge on any atom is 0.435 e. The van der Waals surface area contributed by atoms with Gasteiger partial charge >= 0.3 is 12.4 Å². The van der Waals surface area contributed by atoms with Crippen LogP contribution in [0.4, 0.5) is 26.3 Å². The summed E-state index contributed by atoms with van der Waals surface area (Å²) in [6.45, 7) is 1.70. The van der Waals surface area contributed by atoms with Crippen molar-refractivity contribution in [2.45, 2.75) is 38.8 Å². The van der Waals surface area contributed by atoms with Gasteiger partial charge in [-0.15, -0.1) is 0 Å². The summed E-state index contributed by atoms with van der Waals surface area (Å²) < 4.78 is 87.1. The van der Waals surface area contributed by atoms with Crippen molar-refractivity contribution in [3.05, 3.63) is 46.5 Å². The number of alkyl halides is 6. The summed E-state index contributed by atoms with van der Waals surface area (Å²) in [6.07, 6.45) is -7.83. The highest BCUT2D eigenvalue weighted by molar-refractivity contribution is 5.72. The van der Waals surface area contributed by atoms with Crippen LogP contribution in [0.3, 0.4) is 0 Å². The summed E-state index contributed by atoms with van der Waals surface area (Å²) in [6, 6.07) is 0.861. The van der Waals surface area contributed by atoms with Crippen molar-refractivity contribution in [3.8, 4) is 11.4 Å². The van der Waals surface area contributed by atoms with Crippen molar-refractivity contribution >= 4 is 5.65 Å². The van der Waals surface area contributed by atoms with Gasteiger partial charge in [-0.2, -0.15) is 41.5 Å². The zero-order valence-corrected chi connectivity index (χ0v) is 16.8. The molecule has 0 spiro atoms. The minimum absolute atomic E-state index is 0.0359. The van der Waals surface area contributed by atoms with Crippen LogP contribution in [0.2, 0.25) is 0 Å². The molecule has 4 aromatic rings. The molecule has 5 rings (SSSR count). The second-order valence-corrected chi connectivity index (χ2v) is 7.44. The van der Waals surface area contributed by atoms with Crippen molar-refractivity contribution in [3.63, 3.8) is 0 Å². The first-order valence-electron chi connectivity index (χ1n) is 9.64. The van der Waals surface area contributed by atoms with Crippen LogP contribution in [0.15, 0.2) is 16.8 Å². The number of rotatable bonds is 3. The van der Waals surface area contributed by atoms with Crippen LogP contribution in [-0.2, 0) is 31.9 Å². The minimum atomic E-state index is -4.66. The van der Waals surface area contributed by atoms with Crippen LogP contribution in [0, 0.1) is 6.92 Å². The van der Waals surface area contributed by atoms with Crippen LogP contribution < -0.4 is 5.32 Å². The molecule has 0 fully saturated rings. The maximum absolute atomic E-state index is 13.4. The lowest BCUT2D eigenvalue weighted by molar-refractivity contribution is -0.143. The summed E-state index contributed by atoms with van der Waals surface area (Å²) in [5, 5.41) is 14.1. The molecule has 0 aromatic carbocycles. The largest absolute Gasteiger partial charge is 0.435 e. The van der Waals surface area contributed by atoms with E-state index in [1.807, 2.05) is 0 Å². The number of hydrogen-bond acceptors (Lipinski definition) is 7. The van der Waals surface area contributed by atoms with Crippen LogP contribution in [0.5, 0.6) is 0 Å². The van der Waals surface area contributed by atoms with Crippen LogP contribution in [0.25, 0.3) is 17.0 Å². The second kappa shape index (κ2) is 7.26. The Balaban J connectivity index is 1.51. The number of aryl methyl sites for hydroxylation is 1. The number of hydrogen-bond donors (Lipinski definition) is 1. The summed E-state index contributed by atoms with van der Waals surface area (Å²) >= 11 is 0. The molecule has 0 saturated carbocycles. The van der Waals surface area contributed by atoms with Gasteiger partial charge < -0.3 is 9.84 Å². The topological polar surface area (TPSA) is 99.0 Å². The second-order valence-electron chi connectivity index (χ2n) is 7.44. The smallest absolute Gasteiger partial charge is 0.337 e. The Hall–Kier alpha value is -3.49. The van der Waals surface area contributed by atoms with E-state index in [0.29, 0.717) is 23.2 Å². The van der Waals surface area contributed by atoms with E-state index in [1.54, 1.807) is 0 Å². The molecule has 174 valence electrons. The zero-order chi connectivity index (χ0) is 23.5. The Morgan fingerprint density at radius 1 is 1.12 bits per heavy atom. The molecule has 1 N–H and O–H groups in total. The molecule has 4 aromatic heterocycles. The molecule has 15 heteroatoms. The van der Waals surface area contributed by atoms with E-state index in [-0.39, 0.29) is 47.3 Å². The van der Waals surface area contributed by atoms with Gasteiger partial charge in [-0.1, -0.05) is 5.16 Å². The van der Waals surface area contributed by atoms with Crippen molar-refractivity contribution < 1.29 is 30.9 Å². The number of nitrogens with one attached hydrogen (secondary N) is 1. The van der Waals surface area contributed by atoms with Crippen LogP contribution in [0.1, 0.15) is 34.2 Å². The molecule has 1 aliphatic rings. The molecule has 0 atom stereocenters. The van der Waals surface area contributed by atoms with E-state index in [1.165, 1.54) is 6.92 Å². The summed E-state index contributed by atoms with van der Waals surface area (Å²) in [5.74, 6) is -0.157. The number of aromatic nitrogens is 7. The monoisotopic (exact) mass is 472 g/mol. The third-order valence-corrected chi connectivity index (χ3v) is 5.16.